The minimum atomic E-state index is -0.533. The predicted molar refractivity (Wildman–Crippen MR) is 113 cm³/mol. The van der Waals surface area contributed by atoms with Gasteiger partial charge in [-0.3, -0.25) is 9.78 Å². The molecule has 1 aliphatic rings. The summed E-state index contributed by atoms with van der Waals surface area (Å²) >= 11 is 0. The number of ether oxygens (including phenoxy) is 1. The summed E-state index contributed by atoms with van der Waals surface area (Å²) in [4.78, 5) is 23.2. The zero-order chi connectivity index (χ0) is 20.2. The summed E-state index contributed by atoms with van der Waals surface area (Å²) in [7, 11) is 0. The number of nitrogens with zero attached hydrogens (tertiary/aromatic N) is 3. The maximum absolute atomic E-state index is 12.2. The van der Waals surface area contributed by atoms with E-state index in [2.05, 4.69) is 14.9 Å². The van der Waals surface area contributed by atoms with Crippen LogP contribution in [0, 0.1) is 6.92 Å². The van der Waals surface area contributed by atoms with Crippen LogP contribution in [-0.4, -0.2) is 42.2 Å². The van der Waals surface area contributed by atoms with E-state index in [4.69, 9.17) is 10.5 Å². The number of aryl methyl sites for hydroxylation is 1. The van der Waals surface area contributed by atoms with Crippen molar-refractivity contribution in [3.8, 4) is 11.1 Å². The van der Waals surface area contributed by atoms with E-state index in [1.807, 2.05) is 55.5 Å². The van der Waals surface area contributed by atoms with Gasteiger partial charge in [0.2, 0.25) is 5.91 Å². The Bertz CT molecular complexity index is 981. The molecule has 1 aromatic carbocycles. The molecule has 0 radical (unpaired) electrons. The second kappa shape index (κ2) is 8.41. The van der Waals surface area contributed by atoms with Crippen molar-refractivity contribution in [2.75, 3.05) is 31.2 Å². The van der Waals surface area contributed by atoms with Crippen LogP contribution < -0.4 is 10.6 Å². The molecular weight excluding hydrogens is 364 g/mol. The van der Waals surface area contributed by atoms with Crippen LogP contribution in [0.4, 0.5) is 5.82 Å². The molecule has 4 rings (SSSR count). The van der Waals surface area contributed by atoms with Gasteiger partial charge in [0, 0.05) is 31.2 Å². The normalized spacial score (nSPS) is 15.1. The number of benzene rings is 1. The largest absolute Gasteiger partial charge is 0.378 e. The van der Waals surface area contributed by atoms with Gasteiger partial charge in [0.1, 0.15) is 5.82 Å². The van der Waals surface area contributed by atoms with E-state index in [0.29, 0.717) is 13.2 Å². The first-order valence-electron chi connectivity index (χ1n) is 9.73. The molecule has 3 aromatic rings. The number of pyridine rings is 2. The van der Waals surface area contributed by atoms with Crippen molar-refractivity contribution in [2.24, 2.45) is 5.73 Å². The summed E-state index contributed by atoms with van der Waals surface area (Å²) in [5.41, 5.74) is 10.5. The van der Waals surface area contributed by atoms with Crippen LogP contribution in [0.25, 0.3) is 11.1 Å². The number of nitrogens with two attached hydrogens (primary N) is 1. The minimum Gasteiger partial charge on any atom is -0.378 e. The van der Waals surface area contributed by atoms with Crippen LogP contribution in [0.1, 0.15) is 22.7 Å². The molecule has 1 fully saturated rings. The van der Waals surface area contributed by atoms with Crippen LogP contribution in [0.3, 0.4) is 0 Å². The van der Waals surface area contributed by atoms with Crippen LogP contribution in [0.15, 0.2) is 60.9 Å². The van der Waals surface area contributed by atoms with Gasteiger partial charge < -0.3 is 15.4 Å². The molecule has 148 valence electrons. The molecule has 6 nitrogen and oxygen atoms in total. The van der Waals surface area contributed by atoms with Gasteiger partial charge in [-0.05, 0) is 47.4 Å². The molecular formula is C23H24N4O2. The number of amides is 1. The molecule has 0 bridgehead atoms. The van der Waals surface area contributed by atoms with Crippen molar-refractivity contribution in [3.05, 3.63) is 77.7 Å². The number of carbonyl (C=O) groups excluding carboxylic acids is 1. The standard InChI is InChI=1S/C23H24N4O2/c1-16-14-19(8-9-25-16)17-2-4-18(5-3-17)22(23(24)28)20-6-7-21(26-15-20)27-10-12-29-13-11-27/h2-9,14-15,22H,10-13H2,1H3,(H2,24,28). The Balaban J connectivity index is 1.58. The van der Waals surface area contributed by atoms with Crippen LogP contribution >= 0.6 is 0 Å². The van der Waals surface area contributed by atoms with Crippen molar-refractivity contribution in [1.29, 1.82) is 0 Å². The summed E-state index contributed by atoms with van der Waals surface area (Å²) < 4.78 is 5.39. The van der Waals surface area contributed by atoms with Gasteiger partial charge in [0.25, 0.3) is 0 Å². The van der Waals surface area contributed by atoms with Crippen molar-refractivity contribution < 1.29 is 9.53 Å². The van der Waals surface area contributed by atoms with Gasteiger partial charge in [-0.25, -0.2) is 4.98 Å². The number of aromatic nitrogens is 2. The SMILES string of the molecule is Cc1cc(-c2ccc(C(C(N)=O)c3ccc(N4CCOCC4)nc3)cc2)ccn1. The highest BCUT2D eigenvalue weighted by Crippen LogP contribution is 2.28. The third-order valence-corrected chi connectivity index (χ3v) is 5.20. The highest BCUT2D eigenvalue weighted by Gasteiger charge is 2.21. The average Bonchev–Trinajstić information content (AvgIpc) is 2.75. The fraction of sp³-hybridized carbons (Fsp3) is 0.261. The summed E-state index contributed by atoms with van der Waals surface area (Å²) in [6.07, 6.45) is 3.55. The van der Waals surface area contributed by atoms with Gasteiger partial charge in [-0.2, -0.15) is 0 Å². The maximum Gasteiger partial charge on any atom is 0.229 e. The molecule has 6 heteroatoms. The molecule has 0 spiro atoms. The lowest BCUT2D eigenvalue weighted by molar-refractivity contribution is -0.118. The van der Waals surface area contributed by atoms with E-state index in [9.17, 15) is 4.79 Å². The minimum absolute atomic E-state index is 0.390. The number of carbonyl (C=O) groups is 1. The van der Waals surface area contributed by atoms with Crippen molar-refractivity contribution in [2.45, 2.75) is 12.8 Å². The van der Waals surface area contributed by atoms with E-state index >= 15 is 0 Å². The van der Waals surface area contributed by atoms with E-state index in [1.54, 1.807) is 12.4 Å². The van der Waals surface area contributed by atoms with Gasteiger partial charge in [0.15, 0.2) is 0 Å². The number of anilines is 1. The summed E-state index contributed by atoms with van der Waals surface area (Å²) in [5.74, 6) is -0.0310. The first-order valence-corrected chi connectivity index (χ1v) is 9.73. The Labute approximate surface area is 170 Å². The molecule has 0 saturated carbocycles. The van der Waals surface area contributed by atoms with Gasteiger partial charge >= 0.3 is 0 Å². The van der Waals surface area contributed by atoms with Crippen LogP contribution in [0.2, 0.25) is 0 Å². The van der Waals surface area contributed by atoms with Crippen molar-refractivity contribution in [3.63, 3.8) is 0 Å². The van der Waals surface area contributed by atoms with Gasteiger partial charge in [0.05, 0.1) is 19.1 Å². The van der Waals surface area contributed by atoms with Gasteiger partial charge in [-0.1, -0.05) is 30.3 Å². The number of hydrogen-bond donors (Lipinski definition) is 1. The fourth-order valence-corrected chi connectivity index (χ4v) is 3.66. The third kappa shape index (κ3) is 4.27. The van der Waals surface area contributed by atoms with Crippen LogP contribution in [-0.2, 0) is 9.53 Å². The molecule has 1 amide bonds. The Morgan fingerprint density at radius 1 is 1.00 bits per heavy atom. The van der Waals surface area contributed by atoms with E-state index in [0.717, 1.165) is 46.9 Å². The summed E-state index contributed by atoms with van der Waals surface area (Å²) in [5, 5.41) is 0. The highest BCUT2D eigenvalue weighted by atomic mass is 16.5. The topological polar surface area (TPSA) is 81.3 Å². The molecule has 2 N–H and O–H groups in total. The number of hydrogen-bond acceptors (Lipinski definition) is 5. The second-order valence-electron chi connectivity index (χ2n) is 7.19. The first-order chi connectivity index (χ1) is 14.1. The monoisotopic (exact) mass is 388 g/mol. The van der Waals surface area contributed by atoms with Crippen LogP contribution in [0.5, 0.6) is 0 Å². The molecule has 1 saturated heterocycles. The van der Waals surface area contributed by atoms with E-state index in [1.165, 1.54) is 0 Å². The molecule has 1 aliphatic heterocycles. The Morgan fingerprint density at radius 3 is 2.34 bits per heavy atom. The molecule has 1 unspecified atom stereocenters. The third-order valence-electron chi connectivity index (χ3n) is 5.20. The maximum atomic E-state index is 12.2. The van der Waals surface area contributed by atoms with Crippen molar-refractivity contribution in [1.82, 2.24) is 9.97 Å². The number of rotatable bonds is 5. The zero-order valence-electron chi connectivity index (χ0n) is 16.4. The second-order valence-corrected chi connectivity index (χ2v) is 7.19. The lowest BCUT2D eigenvalue weighted by atomic mass is 9.90. The van der Waals surface area contributed by atoms with E-state index < -0.39 is 11.8 Å². The Kier molecular flexibility index (Phi) is 5.53. The number of morpholine rings is 1. The smallest absolute Gasteiger partial charge is 0.229 e. The lowest BCUT2D eigenvalue weighted by Crippen LogP contribution is -2.36. The summed E-state index contributed by atoms with van der Waals surface area (Å²) in [6, 6.07) is 15.8. The Morgan fingerprint density at radius 2 is 1.72 bits per heavy atom. The van der Waals surface area contributed by atoms with Gasteiger partial charge in [-0.15, -0.1) is 0 Å². The molecule has 2 aromatic heterocycles. The van der Waals surface area contributed by atoms with Crippen molar-refractivity contribution >= 4 is 11.7 Å². The predicted octanol–water partition coefficient (Wildman–Crippen LogP) is 2.91. The fourth-order valence-electron chi connectivity index (χ4n) is 3.66. The number of primary amides is 1. The first kappa shape index (κ1) is 19.1. The highest BCUT2D eigenvalue weighted by molar-refractivity contribution is 5.85. The zero-order valence-corrected chi connectivity index (χ0v) is 16.4. The quantitative estimate of drug-likeness (QED) is 0.727. The Hall–Kier alpha value is -3.25. The molecule has 3 heterocycles. The summed E-state index contributed by atoms with van der Waals surface area (Å²) in [6.45, 7) is 5.02. The molecule has 0 aliphatic carbocycles. The lowest BCUT2D eigenvalue weighted by Gasteiger charge is -2.28. The average molecular weight is 388 g/mol. The molecule has 1 atom stereocenters. The van der Waals surface area contributed by atoms with E-state index in [-0.39, 0.29) is 0 Å². The molecule has 29 heavy (non-hydrogen) atoms.